The minimum atomic E-state index is -0.371. The first-order valence-electron chi connectivity index (χ1n) is 10.0. The maximum absolute atomic E-state index is 12.6. The number of benzene rings is 3. The second kappa shape index (κ2) is 8.52. The van der Waals surface area contributed by atoms with Gasteiger partial charge in [-0.3, -0.25) is 9.69 Å². The van der Waals surface area contributed by atoms with E-state index >= 15 is 0 Å². The summed E-state index contributed by atoms with van der Waals surface area (Å²) in [7, 11) is 3.22. The van der Waals surface area contributed by atoms with Crippen LogP contribution >= 0.6 is 0 Å². The van der Waals surface area contributed by atoms with E-state index in [1.54, 1.807) is 21.1 Å². The second-order valence-corrected chi connectivity index (χ2v) is 7.35. The molecule has 1 heterocycles. The van der Waals surface area contributed by atoms with Gasteiger partial charge >= 0.3 is 0 Å². The Morgan fingerprint density at radius 1 is 0.871 bits per heavy atom. The average Bonchev–Trinajstić information content (AvgIpc) is 3.20. The van der Waals surface area contributed by atoms with Crippen LogP contribution in [0.25, 0.3) is 0 Å². The number of anilines is 2. The lowest BCUT2D eigenvalue weighted by Gasteiger charge is -2.32. The highest BCUT2D eigenvalue weighted by molar-refractivity contribution is 6.44. The molecule has 0 aliphatic carbocycles. The largest absolute Gasteiger partial charge is 0.493 e. The summed E-state index contributed by atoms with van der Waals surface area (Å²) in [5, 5.41) is 6.62. The van der Waals surface area contributed by atoms with Crippen LogP contribution in [0.5, 0.6) is 11.5 Å². The van der Waals surface area contributed by atoms with Gasteiger partial charge < -0.3 is 9.47 Å². The molecule has 0 N–H and O–H groups in total. The van der Waals surface area contributed by atoms with Gasteiger partial charge in [0.25, 0.3) is 0 Å². The van der Waals surface area contributed by atoms with E-state index in [9.17, 15) is 4.79 Å². The number of methoxy groups -OCH3 is 2. The Morgan fingerprint density at radius 2 is 1.55 bits per heavy atom. The molecule has 0 bridgehead atoms. The van der Waals surface area contributed by atoms with Gasteiger partial charge in [-0.2, -0.15) is 0 Å². The number of amidine groups is 1. The van der Waals surface area contributed by atoms with Gasteiger partial charge in [-0.05, 0) is 43.3 Å². The van der Waals surface area contributed by atoms with Crippen molar-refractivity contribution in [1.29, 1.82) is 0 Å². The normalized spacial score (nSPS) is 15.6. The van der Waals surface area contributed by atoms with Crippen molar-refractivity contribution in [2.75, 3.05) is 24.1 Å². The van der Waals surface area contributed by atoms with Crippen LogP contribution in [-0.4, -0.2) is 25.8 Å². The standard InChI is InChI=1S/C25H25N3O3/c1-17-10-13-20(14-11-17)27-24(18(2)29)26-28(21-8-6-5-7-9-21)25(27)19-12-15-22(30-3)23(16-19)31-4/h5-16,25H,1-4H3/t25-/m0/s1. The highest BCUT2D eigenvalue weighted by Gasteiger charge is 2.39. The van der Waals surface area contributed by atoms with Gasteiger partial charge in [-0.1, -0.05) is 42.0 Å². The first kappa shape index (κ1) is 20.5. The maximum atomic E-state index is 12.6. The first-order valence-corrected chi connectivity index (χ1v) is 10.0. The van der Waals surface area contributed by atoms with Crippen LogP contribution in [0, 0.1) is 6.92 Å². The molecule has 158 valence electrons. The van der Waals surface area contributed by atoms with E-state index < -0.39 is 0 Å². The van der Waals surface area contributed by atoms with Crippen LogP contribution in [0.4, 0.5) is 11.4 Å². The van der Waals surface area contributed by atoms with Crippen molar-refractivity contribution in [2.45, 2.75) is 20.0 Å². The quantitative estimate of drug-likeness (QED) is 0.571. The number of carbonyl (C=O) groups excluding carboxylic acids is 1. The monoisotopic (exact) mass is 415 g/mol. The van der Waals surface area contributed by atoms with E-state index in [4.69, 9.17) is 14.6 Å². The Labute approximate surface area is 182 Å². The van der Waals surface area contributed by atoms with Crippen molar-refractivity contribution in [3.63, 3.8) is 0 Å². The highest BCUT2D eigenvalue weighted by Crippen LogP contribution is 2.41. The van der Waals surface area contributed by atoms with Gasteiger partial charge in [0.2, 0.25) is 0 Å². The molecule has 1 aliphatic heterocycles. The molecule has 1 atom stereocenters. The van der Waals surface area contributed by atoms with E-state index in [0.717, 1.165) is 22.5 Å². The Morgan fingerprint density at radius 3 is 2.16 bits per heavy atom. The molecule has 31 heavy (non-hydrogen) atoms. The molecule has 3 aromatic rings. The van der Waals surface area contributed by atoms with Gasteiger partial charge in [0.15, 0.2) is 29.3 Å². The number of aryl methyl sites for hydroxylation is 1. The topological polar surface area (TPSA) is 54.4 Å². The van der Waals surface area contributed by atoms with E-state index in [1.807, 2.05) is 89.6 Å². The van der Waals surface area contributed by atoms with Gasteiger partial charge in [-0.15, -0.1) is 5.10 Å². The van der Waals surface area contributed by atoms with Gasteiger partial charge in [-0.25, -0.2) is 5.01 Å². The predicted molar refractivity (Wildman–Crippen MR) is 123 cm³/mol. The van der Waals surface area contributed by atoms with E-state index in [1.165, 1.54) is 0 Å². The lowest BCUT2D eigenvalue weighted by atomic mass is 10.1. The molecular formula is C25H25N3O3. The molecule has 1 aliphatic rings. The molecule has 0 unspecified atom stereocenters. The van der Waals surface area contributed by atoms with Crippen LogP contribution in [0.15, 0.2) is 77.9 Å². The zero-order chi connectivity index (χ0) is 22.0. The number of para-hydroxylation sites is 1. The van der Waals surface area contributed by atoms with Crippen LogP contribution in [0.1, 0.15) is 24.2 Å². The van der Waals surface area contributed by atoms with Crippen LogP contribution < -0.4 is 19.4 Å². The zero-order valence-corrected chi connectivity index (χ0v) is 18.1. The summed E-state index contributed by atoms with van der Waals surface area (Å²) in [6, 6.07) is 23.7. The Bertz CT molecular complexity index is 1110. The molecule has 4 rings (SSSR count). The fourth-order valence-electron chi connectivity index (χ4n) is 3.72. The smallest absolute Gasteiger partial charge is 0.198 e. The van der Waals surface area contributed by atoms with Crippen molar-refractivity contribution >= 4 is 23.0 Å². The molecule has 0 saturated heterocycles. The minimum absolute atomic E-state index is 0.107. The van der Waals surface area contributed by atoms with Crippen molar-refractivity contribution in [2.24, 2.45) is 5.10 Å². The molecule has 6 nitrogen and oxygen atoms in total. The van der Waals surface area contributed by atoms with Crippen molar-refractivity contribution in [3.05, 3.63) is 83.9 Å². The zero-order valence-electron chi connectivity index (χ0n) is 18.1. The summed E-state index contributed by atoms with van der Waals surface area (Å²) in [6.07, 6.45) is -0.371. The van der Waals surface area contributed by atoms with Crippen LogP contribution in [-0.2, 0) is 4.79 Å². The van der Waals surface area contributed by atoms with Crippen molar-refractivity contribution < 1.29 is 14.3 Å². The number of Topliss-reactive ketones (excluding diaryl/α,β-unsaturated/α-hetero) is 1. The molecule has 0 amide bonds. The number of hydrogen-bond donors (Lipinski definition) is 0. The number of rotatable bonds is 6. The van der Waals surface area contributed by atoms with Crippen LogP contribution in [0.3, 0.4) is 0 Å². The fourth-order valence-corrected chi connectivity index (χ4v) is 3.72. The van der Waals surface area contributed by atoms with E-state index in [-0.39, 0.29) is 11.9 Å². The summed E-state index contributed by atoms with van der Waals surface area (Å²) >= 11 is 0. The molecule has 0 saturated carbocycles. The molecule has 6 heteroatoms. The van der Waals surface area contributed by atoms with Crippen molar-refractivity contribution in [1.82, 2.24) is 0 Å². The molecule has 0 spiro atoms. The average molecular weight is 415 g/mol. The summed E-state index contributed by atoms with van der Waals surface area (Å²) in [5.74, 6) is 1.54. The molecule has 0 fully saturated rings. The van der Waals surface area contributed by atoms with Crippen molar-refractivity contribution in [3.8, 4) is 11.5 Å². The van der Waals surface area contributed by atoms with Crippen LogP contribution in [0.2, 0.25) is 0 Å². The lowest BCUT2D eigenvalue weighted by molar-refractivity contribution is -0.111. The number of ketones is 1. The van der Waals surface area contributed by atoms with Gasteiger partial charge in [0.05, 0.1) is 19.9 Å². The minimum Gasteiger partial charge on any atom is -0.493 e. The Balaban J connectivity index is 1.91. The highest BCUT2D eigenvalue weighted by atomic mass is 16.5. The summed E-state index contributed by atoms with van der Waals surface area (Å²) in [4.78, 5) is 14.6. The molecule has 0 aromatic heterocycles. The molecule has 3 aromatic carbocycles. The summed E-state index contributed by atoms with van der Waals surface area (Å²) in [5.41, 5.74) is 3.84. The number of hydrogen-bond acceptors (Lipinski definition) is 6. The third-order valence-corrected chi connectivity index (χ3v) is 5.26. The predicted octanol–water partition coefficient (Wildman–Crippen LogP) is 4.94. The number of carbonyl (C=O) groups is 1. The molecular weight excluding hydrogens is 390 g/mol. The summed E-state index contributed by atoms with van der Waals surface area (Å²) in [6.45, 7) is 3.58. The third-order valence-electron chi connectivity index (χ3n) is 5.26. The number of ether oxygens (including phenoxy) is 2. The molecule has 0 radical (unpaired) electrons. The number of hydrazone groups is 1. The Kier molecular flexibility index (Phi) is 5.62. The van der Waals surface area contributed by atoms with Gasteiger partial charge in [0.1, 0.15) is 0 Å². The van der Waals surface area contributed by atoms with E-state index in [2.05, 4.69) is 0 Å². The first-order chi connectivity index (χ1) is 15.0. The van der Waals surface area contributed by atoms with E-state index in [0.29, 0.717) is 17.3 Å². The third kappa shape index (κ3) is 3.84. The SMILES string of the molecule is COc1ccc([C@@H]2N(c3ccccc3)N=C(C(C)=O)N2c2ccc(C)cc2)cc1OC. The lowest BCUT2D eigenvalue weighted by Crippen LogP contribution is -2.37. The fraction of sp³-hybridized carbons (Fsp3) is 0.200. The van der Waals surface area contributed by atoms with Gasteiger partial charge in [0, 0.05) is 18.2 Å². The Hall–Kier alpha value is -3.80. The second-order valence-electron chi connectivity index (χ2n) is 7.35. The summed E-state index contributed by atoms with van der Waals surface area (Å²) < 4.78 is 11.0. The maximum Gasteiger partial charge on any atom is 0.198 e. The number of nitrogens with zero attached hydrogens (tertiary/aromatic N) is 3.